The first-order valence-corrected chi connectivity index (χ1v) is 12.6. The van der Waals surface area contributed by atoms with Crippen LogP contribution in [0.4, 0.5) is 20.3 Å². The molecule has 3 fully saturated rings. The summed E-state index contributed by atoms with van der Waals surface area (Å²) in [5, 5.41) is 10.1. The van der Waals surface area contributed by atoms with Gasteiger partial charge in [0.25, 0.3) is 0 Å². The molecule has 0 spiro atoms. The van der Waals surface area contributed by atoms with E-state index < -0.39 is 0 Å². The highest BCUT2D eigenvalue weighted by molar-refractivity contribution is 7.19. The molecule has 3 aliphatic heterocycles. The highest BCUT2D eigenvalue weighted by atomic mass is 32.1. The van der Waals surface area contributed by atoms with E-state index in [1.54, 1.807) is 17.0 Å². The van der Waals surface area contributed by atoms with Gasteiger partial charge < -0.3 is 14.7 Å². The Labute approximate surface area is 197 Å². The summed E-state index contributed by atoms with van der Waals surface area (Å²) in [6, 6.07) is 6.54. The lowest BCUT2D eigenvalue weighted by molar-refractivity contribution is -0.136. The van der Waals surface area contributed by atoms with Crippen LogP contribution in [0.5, 0.6) is 0 Å². The van der Waals surface area contributed by atoms with Crippen molar-refractivity contribution in [1.82, 2.24) is 15.1 Å². The number of aromatic nitrogens is 2. The number of halogens is 1. The van der Waals surface area contributed by atoms with Crippen molar-refractivity contribution in [2.75, 3.05) is 60.5 Å². The molecule has 1 aromatic carbocycles. The van der Waals surface area contributed by atoms with E-state index in [2.05, 4.69) is 20.0 Å². The number of benzene rings is 1. The zero-order valence-electron chi connectivity index (χ0n) is 18.7. The maximum Gasteiger partial charge on any atom is 0.228 e. The van der Waals surface area contributed by atoms with Crippen molar-refractivity contribution in [3.8, 4) is 0 Å². The van der Waals surface area contributed by atoms with Crippen LogP contribution in [0.15, 0.2) is 24.3 Å². The SMILES string of the molecule is O=C(C1CCN(c2nnc(N3CCCCC3=O)s2)CC1)N1CCN(c2ccc(F)cc2)CC1. The number of hydrogen-bond acceptors (Lipinski definition) is 7. The molecule has 4 heterocycles. The Kier molecular flexibility index (Phi) is 6.43. The van der Waals surface area contributed by atoms with Crippen LogP contribution < -0.4 is 14.7 Å². The Morgan fingerprint density at radius 2 is 1.58 bits per heavy atom. The lowest BCUT2D eigenvalue weighted by Crippen LogP contribution is -2.51. The van der Waals surface area contributed by atoms with Crippen molar-refractivity contribution >= 4 is 39.1 Å². The molecule has 0 bridgehead atoms. The van der Waals surface area contributed by atoms with Crippen LogP contribution in [-0.4, -0.2) is 72.7 Å². The van der Waals surface area contributed by atoms with E-state index in [4.69, 9.17) is 0 Å². The molecule has 2 amide bonds. The number of nitrogens with zero attached hydrogens (tertiary/aromatic N) is 6. The van der Waals surface area contributed by atoms with Crippen molar-refractivity contribution < 1.29 is 14.0 Å². The maximum absolute atomic E-state index is 13.2. The minimum Gasteiger partial charge on any atom is -0.368 e. The van der Waals surface area contributed by atoms with Crippen LogP contribution in [0, 0.1) is 11.7 Å². The van der Waals surface area contributed by atoms with E-state index in [0.717, 1.165) is 69.2 Å². The molecule has 0 radical (unpaired) electrons. The molecular weight excluding hydrogens is 443 g/mol. The molecule has 0 unspecified atom stereocenters. The Bertz CT molecular complexity index is 983. The molecule has 8 nitrogen and oxygen atoms in total. The quantitative estimate of drug-likeness (QED) is 0.682. The highest BCUT2D eigenvalue weighted by Crippen LogP contribution is 2.32. The van der Waals surface area contributed by atoms with Gasteiger partial charge in [0.15, 0.2) is 0 Å². The van der Waals surface area contributed by atoms with Crippen molar-refractivity contribution in [2.24, 2.45) is 5.92 Å². The first-order chi connectivity index (χ1) is 16.1. The van der Waals surface area contributed by atoms with Gasteiger partial charge in [0, 0.05) is 63.8 Å². The number of piperazine rings is 1. The van der Waals surface area contributed by atoms with E-state index in [9.17, 15) is 14.0 Å². The monoisotopic (exact) mass is 472 g/mol. The van der Waals surface area contributed by atoms with E-state index >= 15 is 0 Å². The molecule has 0 aliphatic carbocycles. The van der Waals surface area contributed by atoms with Crippen molar-refractivity contribution in [3.63, 3.8) is 0 Å². The summed E-state index contributed by atoms with van der Waals surface area (Å²) < 4.78 is 13.2. The van der Waals surface area contributed by atoms with Crippen molar-refractivity contribution in [2.45, 2.75) is 32.1 Å². The molecule has 33 heavy (non-hydrogen) atoms. The van der Waals surface area contributed by atoms with Gasteiger partial charge in [-0.3, -0.25) is 14.5 Å². The van der Waals surface area contributed by atoms with Crippen LogP contribution in [-0.2, 0) is 9.59 Å². The minimum atomic E-state index is -0.233. The normalized spacial score (nSPS) is 20.5. The molecule has 1 aromatic heterocycles. The molecule has 2 aromatic rings. The zero-order chi connectivity index (χ0) is 22.8. The molecule has 3 aliphatic rings. The van der Waals surface area contributed by atoms with Gasteiger partial charge in [-0.1, -0.05) is 11.3 Å². The number of hydrogen-bond donors (Lipinski definition) is 0. The van der Waals surface area contributed by atoms with E-state index in [0.29, 0.717) is 24.6 Å². The van der Waals surface area contributed by atoms with Crippen LogP contribution in [0.1, 0.15) is 32.1 Å². The summed E-state index contributed by atoms with van der Waals surface area (Å²) in [4.78, 5) is 33.4. The first kappa shape index (κ1) is 22.1. The first-order valence-electron chi connectivity index (χ1n) is 11.8. The van der Waals surface area contributed by atoms with Gasteiger partial charge in [-0.2, -0.15) is 0 Å². The Balaban J connectivity index is 1.11. The standard InChI is InChI=1S/C23H29FN6O2S/c24-18-4-6-19(7-5-18)27-13-15-28(16-14-27)21(32)17-8-11-29(12-9-17)22-25-26-23(33-22)30-10-2-1-3-20(30)31/h4-7,17H,1-3,8-16H2. The number of rotatable bonds is 4. The summed E-state index contributed by atoms with van der Waals surface area (Å²) in [5.74, 6) is 0.177. The Hall–Kier alpha value is -2.75. The van der Waals surface area contributed by atoms with Crippen LogP contribution in [0.3, 0.4) is 0 Å². The van der Waals surface area contributed by atoms with Gasteiger partial charge in [-0.25, -0.2) is 4.39 Å². The van der Waals surface area contributed by atoms with Gasteiger partial charge in [0.1, 0.15) is 5.82 Å². The average molecular weight is 473 g/mol. The second-order valence-corrected chi connectivity index (χ2v) is 9.85. The number of amides is 2. The maximum atomic E-state index is 13.2. The minimum absolute atomic E-state index is 0.0367. The summed E-state index contributed by atoms with van der Waals surface area (Å²) in [5.41, 5.74) is 1.000. The smallest absolute Gasteiger partial charge is 0.228 e. The van der Waals surface area contributed by atoms with Crippen LogP contribution in [0.25, 0.3) is 0 Å². The third-order valence-electron chi connectivity index (χ3n) is 6.86. The van der Waals surface area contributed by atoms with Gasteiger partial charge in [-0.05, 0) is 49.9 Å². The van der Waals surface area contributed by atoms with Gasteiger partial charge in [0.2, 0.25) is 22.1 Å². The highest BCUT2D eigenvalue weighted by Gasteiger charge is 2.32. The van der Waals surface area contributed by atoms with E-state index in [-0.39, 0.29) is 23.5 Å². The predicted molar refractivity (Wildman–Crippen MR) is 126 cm³/mol. The molecule has 176 valence electrons. The third kappa shape index (κ3) is 4.80. The third-order valence-corrected chi connectivity index (χ3v) is 7.86. The second-order valence-electron chi connectivity index (χ2n) is 8.92. The second kappa shape index (κ2) is 9.62. The summed E-state index contributed by atoms with van der Waals surface area (Å²) in [7, 11) is 0. The number of carbonyl (C=O) groups is 2. The van der Waals surface area contributed by atoms with Gasteiger partial charge in [-0.15, -0.1) is 10.2 Å². The van der Waals surface area contributed by atoms with Crippen molar-refractivity contribution in [3.05, 3.63) is 30.1 Å². The lowest BCUT2D eigenvalue weighted by atomic mass is 9.95. The number of piperidine rings is 2. The molecule has 10 heteroatoms. The van der Waals surface area contributed by atoms with Gasteiger partial charge >= 0.3 is 0 Å². The van der Waals surface area contributed by atoms with Crippen LogP contribution in [0.2, 0.25) is 0 Å². The van der Waals surface area contributed by atoms with E-state index in [1.807, 2.05) is 4.90 Å². The van der Waals surface area contributed by atoms with Crippen LogP contribution >= 0.6 is 11.3 Å². The summed E-state index contributed by atoms with van der Waals surface area (Å²) in [6.45, 7) is 5.18. The molecule has 3 saturated heterocycles. The largest absolute Gasteiger partial charge is 0.368 e. The van der Waals surface area contributed by atoms with Gasteiger partial charge in [0.05, 0.1) is 0 Å². The summed E-state index contributed by atoms with van der Waals surface area (Å²) in [6.07, 6.45) is 4.14. The fourth-order valence-electron chi connectivity index (χ4n) is 4.87. The topological polar surface area (TPSA) is 72.9 Å². The summed E-state index contributed by atoms with van der Waals surface area (Å²) >= 11 is 1.47. The van der Waals surface area contributed by atoms with Crippen molar-refractivity contribution in [1.29, 1.82) is 0 Å². The molecule has 0 saturated carbocycles. The number of carbonyl (C=O) groups excluding carboxylic acids is 2. The lowest BCUT2D eigenvalue weighted by Gasteiger charge is -2.39. The molecule has 0 atom stereocenters. The molecular formula is C23H29FN6O2S. The Morgan fingerprint density at radius 3 is 2.27 bits per heavy atom. The molecule has 5 rings (SSSR count). The fourth-order valence-corrected chi connectivity index (χ4v) is 5.81. The average Bonchev–Trinajstić information content (AvgIpc) is 3.35. The van der Waals surface area contributed by atoms with E-state index in [1.165, 1.54) is 23.5 Å². The zero-order valence-corrected chi connectivity index (χ0v) is 19.5. The fraction of sp³-hybridized carbons (Fsp3) is 0.565. The molecule has 0 N–H and O–H groups in total. The Morgan fingerprint density at radius 1 is 0.879 bits per heavy atom. The number of anilines is 3. The predicted octanol–water partition coefficient (Wildman–Crippen LogP) is 2.76.